The van der Waals surface area contributed by atoms with E-state index in [0.29, 0.717) is 29.5 Å². The van der Waals surface area contributed by atoms with Crippen LogP contribution < -0.4 is 10.1 Å². The summed E-state index contributed by atoms with van der Waals surface area (Å²) in [5.41, 5.74) is 0.916. The zero-order valence-corrected chi connectivity index (χ0v) is 18.5. The summed E-state index contributed by atoms with van der Waals surface area (Å²) in [4.78, 5) is 0. The van der Waals surface area contributed by atoms with Gasteiger partial charge in [-0.2, -0.15) is 5.06 Å². The first-order valence-corrected chi connectivity index (χ1v) is 12.1. The van der Waals surface area contributed by atoms with Crippen LogP contribution in [0.4, 0.5) is 0 Å². The largest absolute Gasteiger partial charge is 0.458 e. The normalized spacial score (nSPS) is 24.6. The minimum atomic E-state index is -3.79. The van der Waals surface area contributed by atoms with Gasteiger partial charge in [-0.25, -0.2) is 8.42 Å². The SMILES string of the molecule is O=S(=O)(C1CNCCN1O)C1(Cc2ccccc2)C=CC(Oc2ccc(Cl)cc2)=CC1. The lowest BCUT2D eigenvalue weighted by molar-refractivity contribution is -0.112. The van der Waals surface area contributed by atoms with Crippen molar-refractivity contribution in [2.75, 3.05) is 19.6 Å². The zero-order chi connectivity index (χ0) is 21.9. The Kier molecular flexibility index (Phi) is 6.50. The molecule has 1 heterocycles. The van der Waals surface area contributed by atoms with E-state index in [2.05, 4.69) is 5.32 Å². The standard InChI is InChI=1S/C23H25ClN2O4S/c24-19-6-8-20(9-7-19)30-21-10-12-23(13-11-21,16-18-4-2-1-3-5-18)31(28,29)22-17-25-14-15-26(22)27/h1-12,22,25,27H,13-17H2. The first-order valence-electron chi connectivity index (χ1n) is 10.2. The summed E-state index contributed by atoms with van der Waals surface area (Å²) in [6.07, 6.45) is 5.77. The van der Waals surface area contributed by atoms with Crippen LogP contribution in [-0.2, 0) is 16.3 Å². The maximum absolute atomic E-state index is 13.8. The molecule has 2 aromatic carbocycles. The van der Waals surface area contributed by atoms with E-state index in [1.165, 1.54) is 0 Å². The van der Waals surface area contributed by atoms with Gasteiger partial charge in [0.1, 0.15) is 16.9 Å². The molecular formula is C23H25ClN2O4S. The van der Waals surface area contributed by atoms with Gasteiger partial charge in [-0.05, 0) is 54.8 Å². The Morgan fingerprint density at radius 3 is 2.55 bits per heavy atom. The van der Waals surface area contributed by atoms with E-state index in [0.717, 1.165) is 10.6 Å². The lowest BCUT2D eigenvalue weighted by Crippen LogP contribution is -2.59. The maximum Gasteiger partial charge on any atom is 0.179 e. The van der Waals surface area contributed by atoms with Gasteiger partial charge < -0.3 is 15.3 Å². The van der Waals surface area contributed by atoms with Crippen molar-refractivity contribution in [2.45, 2.75) is 23.0 Å². The van der Waals surface area contributed by atoms with Gasteiger partial charge in [0.15, 0.2) is 9.84 Å². The molecule has 2 N–H and O–H groups in total. The fourth-order valence-electron chi connectivity index (χ4n) is 3.95. The van der Waals surface area contributed by atoms with Crippen LogP contribution >= 0.6 is 11.6 Å². The monoisotopic (exact) mass is 460 g/mol. The van der Waals surface area contributed by atoms with Gasteiger partial charge in [0.05, 0.1) is 4.75 Å². The summed E-state index contributed by atoms with van der Waals surface area (Å²) >= 11 is 5.92. The Labute approximate surface area is 187 Å². The first-order chi connectivity index (χ1) is 14.9. The van der Waals surface area contributed by atoms with Crippen LogP contribution in [0.15, 0.2) is 78.6 Å². The Morgan fingerprint density at radius 2 is 1.90 bits per heavy atom. The van der Waals surface area contributed by atoms with Crippen LogP contribution in [0.3, 0.4) is 0 Å². The van der Waals surface area contributed by atoms with Gasteiger partial charge in [0, 0.05) is 24.7 Å². The highest BCUT2D eigenvalue weighted by molar-refractivity contribution is 7.93. The van der Waals surface area contributed by atoms with E-state index in [1.807, 2.05) is 30.3 Å². The number of hydrogen-bond donors (Lipinski definition) is 2. The number of benzene rings is 2. The summed E-state index contributed by atoms with van der Waals surface area (Å²) in [5.74, 6) is 1.19. The maximum atomic E-state index is 13.8. The molecule has 0 saturated carbocycles. The lowest BCUT2D eigenvalue weighted by atomic mass is 9.91. The third kappa shape index (κ3) is 4.71. The highest BCUT2D eigenvalue weighted by Gasteiger charge is 2.49. The van der Waals surface area contributed by atoms with Crippen molar-refractivity contribution in [1.29, 1.82) is 0 Å². The van der Waals surface area contributed by atoms with Gasteiger partial charge in [0.2, 0.25) is 0 Å². The molecule has 6 nitrogen and oxygen atoms in total. The summed E-state index contributed by atoms with van der Waals surface area (Å²) in [6, 6.07) is 16.5. The van der Waals surface area contributed by atoms with Crippen molar-refractivity contribution < 1.29 is 18.4 Å². The molecule has 2 atom stereocenters. The number of halogens is 1. The van der Waals surface area contributed by atoms with Gasteiger partial charge >= 0.3 is 0 Å². The van der Waals surface area contributed by atoms with Gasteiger partial charge in [-0.15, -0.1) is 0 Å². The Bertz CT molecular complexity index is 1070. The van der Waals surface area contributed by atoms with Crippen LogP contribution in [0.25, 0.3) is 0 Å². The molecule has 1 aliphatic carbocycles. The van der Waals surface area contributed by atoms with Crippen molar-refractivity contribution in [1.82, 2.24) is 10.4 Å². The van der Waals surface area contributed by atoms with Crippen molar-refractivity contribution in [3.63, 3.8) is 0 Å². The number of nitrogens with zero attached hydrogens (tertiary/aromatic N) is 1. The topological polar surface area (TPSA) is 78.9 Å². The molecule has 4 rings (SSSR count). The molecule has 2 aliphatic rings. The van der Waals surface area contributed by atoms with Crippen LogP contribution in [0.1, 0.15) is 12.0 Å². The van der Waals surface area contributed by atoms with Crippen LogP contribution in [-0.4, -0.2) is 48.4 Å². The number of hydrogen-bond acceptors (Lipinski definition) is 6. The summed E-state index contributed by atoms with van der Waals surface area (Å²) in [5, 5.41) is 13.9. The molecule has 0 amide bonds. The molecule has 0 radical (unpaired) electrons. The number of nitrogens with one attached hydrogen (secondary N) is 1. The Morgan fingerprint density at radius 1 is 1.16 bits per heavy atom. The van der Waals surface area contributed by atoms with E-state index >= 15 is 0 Å². The average molecular weight is 461 g/mol. The molecule has 1 saturated heterocycles. The quantitative estimate of drug-likeness (QED) is 0.686. The van der Waals surface area contributed by atoms with Crippen molar-refractivity contribution in [3.05, 3.63) is 89.2 Å². The number of ether oxygens (including phenoxy) is 1. The minimum absolute atomic E-state index is 0.182. The molecule has 2 aromatic rings. The average Bonchev–Trinajstić information content (AvgIpc) is 2.77. The first kappa shape index (κ1) is 22.0. The predicted octanol–water partition coefficient (Wildman–Crippen LogP) is 3.58. The van der Waals surface area contributed by atoms with E-state index < -0.39 is 20.0 Å². The van der Waals surface area contributed by atoms with Crippen molar-refractivity contribution >= 4 is 21.4 Å². The second-order valence-electron chi connectivity index (χ2n) is 7.79. The summed E-state index contributed by atoms with van der Waals surface area (Å²) in [7, 11) is -3.79. The van der Waals surface area contributed by atoms with Crippen LogP contribution in [0.5, 0.6) is 5.75 Å². The predicted molar refractivity (Wildman–Crippen MR) is 121 cm³/mol. The van der Waals surface area contributed by atoms with E-state index in [4.69, 9.17) is 16.3 Å². The molecule has 31 heavy (non-hydrogen) atoms. The van der Waals surface area contributed by atoms with Crippen LogP contribution in [0.2, 0.25) is 5.02 Å². The summed E-state index contributed by atoms with van der Waals surface area (Å²) in [6.45, 7) is 0.986. The number of hydroxylamine groups is 2. The van der Waals surface area contributed by atoms with E-state index in [1.54, 1.807) is 42.5 Å². The third-order valence-corrected chi connectivity index (χ3v) is 8.65. The van der Waals surface area contributed by atoms with Gasteiger partial charge in [-0.3, -0.25) is 0 Å². The summed E-state index contributed by atoms with van der Waals surface area (Å²) < 4.78 is 32.3. The number of rotatable bonds is 6. The number of piperazine rings is 1. The molecular weight excluding hydrogens is 436 g/mol. The number of allylic oxidation sites excluding steroid dienone is 2. The van der Waals surface area contributed by atoms with Crippen molar-refractivity contribution in [3.8, 4) is 5.75 Å². The highest BCUT2D eigenvalue weighted by Crippen LogP contribution is 2.37. The zero-order valence-electron chi connectivity index (χ0n) is 16.9. The molecule has 8 heteroatoms. The second-order valence-corrected chi connectivity index (χ2v) is 10.7. The molecule has 164 valence electrons. The van der Waals surface area contributed by atoms with Crippen molar-refractivity contribution in [2.24, 2.45) is 0 Å². The van der Waals surface area contributed by atoms with E-state index in [9.17, 15) is 13.6 Å². The molecule has 2 unspecified atom stereocenters. The Balaban J connectivity index is 1.63. The molecule has 1 aliphatic heterocycles. The highest BCUT2D eigenvalue weighted by atomic mass is 35.5. The number of sulfone groups is 1. The van der Waals surface area contributed by atoms with E-state index in [-0.39, 0.29) is 19.5 Å². The molecule has 0 bridgehead atoms. The second kappa shape index (κ2) is 9.14. The van der Waals surface area contributed by atoms with Crippen LogP contribution in [0, 0.1) is 0 Å². The van der Waals surface area contributed by atoms with Gasteiger partial charge in [-0.1, -0.05) is 48.0 Å². The molecule has 1 fully saturated rings. The minimum Gasteiger partial charge on any atom is -0.458 e. The smallest absolute Gasteiger partial charge is 0.179 e. The van der Waals surface area contributed by atoms with Gasteiger partial charge in [0.25, 0.3) is 0 Å². The third-order valence-electron chi connectivity index (χ3n) is 5.69. The molecule has 0 spiro atoms. The Hall–Kier alpha value is -2.16. The fraction of sp³-hybridized carbons (Fsp3) is 0.304. The lowest BCUT2D eigenvalue weighted by Gasteiger charge is -2.39. The fourth-order valence-corrected chi connectivity index (χ4v) is 6.32. The molecule has 0 aromatic heterocycles.